The van der Waals surface area contributed by atoms with Crippen molar-refractivity contribution in [1.82, 2.24) is 5.32 Å². The van der Waals surface area contributed by atoms with Crippen LogP contribution in [0.4, 0.5) is 0 Å². The third-order valence-electron chi connectivity index (χ3n) is 2.99. The standard InChI is InChI=1S/C14H15Br2NS/c1-17-14(5-2-10-6-7-18-9-10)12-4-3-11(15)8-13(12)16/h3-4,6-9,14,17H,2,5H2,1H3. The molecule has 2 aromatic rings. The van der Waals surface area contributed by atoms with E-state index in [1.54, 1.807) is 11.3 Å². The zero-order valence-electron chi connectivity index (χ0n) is 10.1. The summed E-state index contributed by atoms with van der Waals surface area (Å²) in [4.78, 5) is 0. The number of nitrogens with one attached hydrogen (secondary N) is 1. The van der Waals surface area contributed by atoms with Crippen LogP contribution in [0.15, 0.2) is 44.0 Å². The molecule has 4 heteroatoms. The molecule has 0 bridgehead atoms. The Morgan fingerprint density at radius 1 is 1.28 bits per heavy atom. The molecule has 1 aromatic carbocycles. The maximum atomic E-state index is 3.64. The molecule has 1 aromatic heterocycles. The molecule has 1 nitrogen and oxygen atoms in total. The number of hydrogen-bond acceptors (Lipinski definition) is 2. The van der Waals surface area contributed by atoms with Crippen molar-refractivity contribution in [3.63, 3.8) is 0 Å². The SMILES string of the molecule is CNC(CCc1ccsc1)c1ccc(Br)cc1Br. The summed E-state index contributed by atoms with van der Waals surface area (Å²) in [6.45, 7) is 0. The van der Waals surface area contributed by atoms with E-state index in [0.717, 1.165) is 21.8 Å². The summed E-state index contributed by atoms with van der Waals surface area (Å²) < 4.78 is 2.26. The summed E-state index contributed by atoms with van der Waals surface area (Å²) in [5.41, 5.74) is 2.74. The number of thiophene rings is 1. The first-order chi connectivity index (χ1) is 8.70. The highest BCUT2D eigenvalue weighted by Crippen LogP contribution is 2.29. The molecule has 1 atom stereocenters. The molecular formula is C14H15Br2NS. The predicted octanol–water partition coefficient (Wildman–Crippen LogP) is 5.17. The molecule has 0 aliphatic rings. The van der Waals surface area contributed by atoms with Crippen LogP contribution in [-0.2, 0) is 6.42 Å². The molecule has 0 radical (unpaired) electrons. The minimum absolute atomic E-state index is 0.382. The molecule has 1 N–H and O–H groups in total. The first-order valence-corrected chi connectivity index (χ1v) is 8.37. The Hall–Kier alpha value is -0.160. The average molecular weight is 389 g/mol. The Bertz CT molecular complexity index is 497. The molecule has 0 saturated heterocycles. The van der Waals surface area contributed by atoms with Crippen LogP contribution in [-0.4, -0.2) is 7.05 Å². The van der Waals surface area contributed by atoms with E-state index in [9.17, 15) is 0 Å². The summed E-state index contributed by atoms with van der Waals surface area (Å²) in [6, 6.07) is 8.95. The van der Waals surface area contributed by atoms with E-state index in [1.165, 1.54) is 11.1 Å². The summed E-state index contributed by atoms with van der Waals surface area (Å²) in [5.74, 6) is 0. The first-order valence-electron chi connectivity index (χ1n) is 5.84. The summed E-state index contributed by atoms with van der Waals surface area (Å²) in [7, 11) is 2.02. The maximum Gasteiger partial charge on any atom is 0.0331 e. The van der Waals surface area contributed by atoms with E-state index in [4.69, 9.17) is 0 Å². The zero-order chi connectivity index (χ0) is 13.0. The van der Waals surface area contributed by atoms with Gasteiger partial charge in [0.05, 0.1) is 0 Å². The second kappa shape index (κ2) is 6.85. The molecule has 1 heterocycles. The van der Waals surface area contributed by atoms with E-state index < -0.39 is 0 Å². The molecule has 0 aliphatic carbocycles. The lowest BCUT2D eigenvalue weighted by atomic mass is 10.0. The number of benzene rings is 1. The van der Waals surface area contributed by atoms with Crippen molar-refractivity contribution >= 4 is 43.2 Å². The van der Waals surface area contributed by atoms with Crippen molar-refractivity contribution < 1.29 is 0 Å². The monoisotopic (exact) mass is 387 g/mol. The highest BCUT2D eigenvalue weighted by atomic mass is 79.9. The van der Waals surface area contributed by atoms with Gasteiger partial charge in [-0.3, -0.25) is 0 Å². The fourth-order valence-electron chi connectivity index (χ4n) is 1.99. The zero-order valence-corrected chi connectivity index (χ0v) is 14.1. The minimum atomic E-state index is 0.382. The highest BCUT2D eigenvalue weighted by Gasteiger charge is 2.12. The van der Waals surface area contributed by atoms with Crippen molar-refractivity contribution in [3.8, 4) is 0 Å². The van der Waals surface area contributed by atoms with E-state index >= 15 is 0 Å². The summed E-state index contributed by atoms with van der Waals surface area (Å²) in [6.07, 6.45) is 2.21. The lowest BCUT2D eigenvalue weighted by molar-refractivity contribution is 0.547. The Kier molecular flexibility index (Phi) is 5.42. The smallest absolute Gasteiger partial charge is 0.0331 e. The van der Waals surface area contributed by atoms with E-state index in [2.05, 4.69) is 72.2 Å². The van der Waals surface area contributed by atoms with Crippen molar-refractivity contribution in [1.29, 1.82) is 0 Å². The fourth-order valence-corrected chi connectivity index (χ4v) is 4.01. The molecule has 0 saturated carbocycles. The van der Waals surface area contributed by atoms with Crippen molar-refractivity contribution in [3.05, 3.63) is 55.1 Å². The van der Waals surface area contributed by atoms with Gasteiger partial charge >= 0.3 is 0 Å². The molecule has 0 amide bonds. The molecule has 1 unspecified atom stereocenters. The van der Waals surface area contributed by atoms with E-state index in [-0.39, 0.29) is 0 Å². The van der Waals surface area contributed by atoms with E-state index in [0.29, 0.717) is 6.04 Å². The van der Waals surface area contributed by atoms with Crippen LogP contribution in [0.2, 0.25) is 0 Å². The van der Waals surface area contributed by atoms with Crippen LogP contribution in [0.3, 0.4) is 0 Å². The van der Waals surface area contributed by atoms with Crippen LogP contribution >= 0.6 is 43.2 Å². The topological polar surface area (TPSA) is 12.0 Å². The van der Waals surface area contributed by atoms with E-state index in [1.807, 2.05) is 7.05 Å². The van der Waals surface area contributed by atoms with Gasteiger partial charge in [-0.1, -0.05) is 37.9 Å². The molecule has 0 fully saturated rings. The second-order valence-corrected chi connectivity index (χ2v) is 6.73. The summed E-state index contributed by atoms with van der Waals surface area (Å²) >= 11 is 8.89. The molecule has 96 valence electrons. The van der Waals surface area contributed by atoms with Crippen molar-refractivity contribution in [2.24, 2.45) is 0 Å². The lowest BCUT2D eigenvalue weighted by Crippen LogP contribution is -2.17. The number of rotatable bonds is 5. The highest BCUT2D eigenvalue weighted by molar-refractivity contribution is 9.11. The normalized spacial score (nSPS) is 12.6. The Morgan fingerprint density at radius 2 is 2.11 bits per heavy atom. The van der Waals surface area contributed by atoms with Gasteiger partial charge in [0.1, 0.15) is 0 Å². The van der Waals surface area contributed by atoms with Gasteiger partial charge in [-0.2, -0.15) is 11.3 Å². The van der Waals surface area contributed by atoms with Crippen LogP contribution < -0.4 is 5.32 Å². The van der Waals surface area contributed by atoms with Gasteiger partial charge in [0.25, 0.3) is 0 Å². The maximum absolute atomic E-state index is 3.64. The number of aryl methyl sites for hydroxylation is 1. The molecule has 0 aliphatic heterocycles. The number of hydrogen-bond donors (Lipinski definition) is 1. The van der Waals surface area contributed by atoms with Crippen LogP contribution in [0.5, 0.6) is 0 Å². The molecule has 0 spiro atoms. The molecule has 18 heavy (non-hydrogen) atoms. The second-order valence-electron chi connectivity index (χ2n) is 4.18. The number of halogens is 2. The van der Waals surface area contributed by atoms with Gasteiger partial charge in [-0.05, 0) is 60.0 Å². The Labute approximate surface area is 129 Å². The average Bonchev–Trinajstić information content (AvgIpc) is 2.85. The van der Waals surface area contributed by atoms with Gasteiger partial charge in [0.15, 0.2) is 0 Å². The van der Waals surface area contributed by atoms with Gasteiger partial charge in [-0.15, -0.1) is 0 Å². The van der Waals surface area contributed by atoms with Crippen LogP contribution in [0, 0.1) is 0 Å². The quantitative estimate of drug-likeness (QED) is 0.745. The predicted molar refractivity (Wildman–Crippen MR) is 86.3 cm³/mol. The minimum Gasteiger partial charge on any atom is -0.313 e. The van der Waals surface area contributed by atoms with Gasteiger partial charge in [-0.25, -0.2) is 0 Å². The van der Waals surface area contributed by atoms with Crippen LogP contribution in [0.1, 0.15) is 23.6 Å². The fraction of sp³-hybridized carbons (Fsp3) is 0.286. The van der Waals surface area contributed by atoms with Crippen molar-refractivity contribution in [2.45, 2.75) is 18.9 Å². The lowest BCUT2D eigenvalue weighted by Gasteiger charge is -2.18. The summed E-state index contributed by atoms with van der Waals surface area (Å²) in [5, 5.41) is 7.76. The largest absolute Gasteiger partial charge is 0.313 e. The molecule has 2 rings (SSSR count). The van der Waals surface area contributed by atoms with Crippen LogP contribution in [0.25, 0.3) is 0 Å². The Morgan fingerprint density at radius 3 is 2.72 bits per heavy atom. The third kappa shape index (κ3) is 3.67. The third-order valence-corrected chi connectivity index (χ3v) is 4.90. The van der Waals surface area contributed by atoms with Crippen molar-refractivity contribution in [2.75, 3.05) is 7.05 Å². The molecular weight excluding hydrogens is 374 g/mol. The Balaban J connectivity index is 2.08. The van der Waals surface area contributed by atoms with Gasteiger partial charge in [0.2, 0.25) is 0 Å². The van der Waals surface area contributed by atoms with Gasteiger partial charge in [0, 0.05) is 15.0 Å². The van der Waals surface area contributed by atoms with Gasteiger partial charge < -0.3 is 5.32 Å². The first kappa shape index (κ1) is 14.3.